The second-order valence-electron chi connectivity index (χ2n) is 7.31. The summed E-state index contributed by atoms with van der Waals surface area (Å²) in [6, 6.07) is 8.80. The zero-order chi connectivity index (χ0) is 15.0. The zero-order valence-corrected chi connectivity index (χ0v) is 13.7. The van der Waals surface area contributed by atoms with Gasteiger partial charge in [0.25, 0.3) is 0 Å². The summed E-state index contributed by atoms with van der Waals surface area (Å²) in [7, 11) is 0. The number of benzene rings is 1. The highest BCUT2D eigenvalue weighted by Gasteiger charge is 2.28. The van der Waals surface area contributed by atoms with Crippen LogP contribution in [0.4, 0.5) is 0 Å². The minimum Gasteiger partial charge on any atom is -0.303 e. The van der Waals surface area contributed by atoms with E-state index in [-0.39, 0.29) is 11.1 Å². The van der Waals surface area contributed by atoms with Crippen LogP contribution in [-0.2, 0) is 5.54 Å². The molecule has 1 aliphatic carbocycles. The van der Waals surface area contributed by atoms with Crippen LogP contribution in [0.5, 0.6) is 0 Å². The summed E-state index contributed by atoms with van der Waals surface area (Å²) in [5.74, 6) is 0. The number of hydrogen-bond donors (Lipinski definition) is 1. The van der Waals surface area contributed by atoms with Gasteiger partial charge in [0, 0.05) is 11.1 Å². The Morgan fingerprint density at radius 1 is 1.00 bits per heavy atom. The summed E-state index contributed by atoms with van der Waals surface area (Å²) >= 11 is 0. The fourth-order valence-corrected chi connectivity index (χ4v) is 3.23. The summed E-state index contributed by atoms with van der Waals surface area (Å²) in [4.78, 5) is 0. The number of nitrogens with one attached hydrogen (secondary N) is 1. The van der Waals surface area contributed by atoms with Crippen molar-refractivity contribution in [3.05, 3.63) is 53.1 Å². The van der Waals surface area contributed by atoms with Crippen LogP contribution in [0.15, 0.2) is 42.0 Å². The molecular formula is C19H27N. The lowest BCUT2D eigenvalue weighted by Gasteiger charge is -2.37. The monoisotopic (exact) mass is 269 g/mol. The van der Waals surface area contributed by atoms with E-state index < -0.39 is 0 Å². The van der Waals surface area contributed by atoms with E-state index in [0.717, 1.165) is 6.42 Å². The van der Waals surface area contributed by atoms with E-state index in [0.29, 0.717) is 0 Å². The van der Waals surface area contributed by atoms with E-state index in [9.17, 15) is 0 Å². The molecule has 0 bridgehead atoms. The molecule has 108 valence electrons. The van der Waals surface area contributed by atoms with Crippen LogP contribution >= 0.6 is 0 Å². The van der Waals surface area contributed by atoms with Crippen molar-refractivity contribution in [3.8, 4) is 0 Å². The molecule has 0 fully saturated rings. The molecule has 0 heterocycles. The molecule has 0 radical (unpaired) electrons. The van der Waals surface area contributed by atoms with Gasteiger partial charge in [0.2, 0.25) is 0 Å². The summed E-state index contributed by atoms with van der Waals surface area (Å²) in [5, 5.41) is 3.75. The van der Waals surface area contributed by atoms with Crippen molar-refractivity contribution in [2.24, 2.45) is 0 Å². The Morgan fingerprint density at radius 2 is 1.65 bits per heavy atom. The number of hydrogen-bond acceptors (Lipinski definition) is 1. The maximum absolute atomic E-state index is 3.75. The van der Waals surface area contributed by atoms with Gasteiger partial charge in [0.15, 0.2) is 0 Å². The highest BCUT2D eigenvalue weighted by atomic mass is 15.0. The Morgan fingerprint density at radius 3 is 2.20 bits per heavy atom. The lowest BCUT2D eigenvalue weighted by molar-refractivity contribution is 0.286. The maximum atomic E-state index is 3.75. The van der Waals surface area contributed by atoms with Crippen LogP contribution in [0.3, 0.4) is 0 Å². The molecule has 0 atom stereocenters. The summed E-state index contributed by atoms with van der Waals surface area (Å²) < 4.78 is 0. The molecular weight excluding hydrogens is 242 g/mol. The van der Waals surface area contributed by atoms with Gasteiger partial charge in [-0.25, -0.2) is 0 Å². The predicted octanol–water partition coefficient (Wildman–Crippen LogP) is 5.04. The average Bonchev–Trinajstić information content (AvgIpc) is 2.72. The second kappa shape index (κ2) is 5.21. The van der Waals surface area contributed by atoms with Crippen molar-refractivity contribution in [1.29, 1.82) is 0 Å². The SMILES string of the molecule is CC1=C(c2ccccc2C(C)(C)NC(C)(C)C)CC=C1. The van der Waals surface area contributed by atoms with Crippen molar-refractivity contribution in [2.45, 2.75) is 59.0 Å². The first-order valence-electron chi connectivity index (χ1n) is 7.46. The average molecular weight is 269 g/mol. The van der Waals surface area contributed by atoms with Crippen molar-refractivity contribution < 1.29 is 0 Å². The van der Waals surface area contributed by atoms with Crippen molar-refractivity contribution in [2.75, 3.05) is 0 Å². The minimum atomic E-state index is -0.0509. The van der Waals surface area contributed by atoms with Crippen LogP contribution in [0.25, 0.3) is 5.57 Å². The van der Waals surface area contributed by atoms with E-state index >= 15 is 0 Å². The molecule has 0 amide bonds. The Kier molecular flexibility index (Phi) is 3.93. The van der Waals surface area contributed by atoms with Gasteiger partial charge in [-0.2, -0.15) is 0 Å². The van der Waals surface area contributed by atoms with Gasteiger partial charge in [-0.05, 0) is 70.2 Å². The molecule has 0 aromatic heterocycles. The summed E-state index contributed by atoms with van der Waals surface area (Å²) in [6.45, 7) is 13.4. The Balaban J connectivity index is 2.46. The topological polar surface area (TPSA) is 12.0 Å². The molecule has 20 heavy (non-hydrogen) atoms. The highest BCUT2D eigenvalue weighted by Crippen LogP contribution is 2.35. The molecule has 0 aliphatic heterocycles. The Bertz CT molecular complexity index is 553. The van der Waals surface area contributed by atoms with Gasteiger partial charge in [-0.3, -0.25) is 0 Å². The zero-order valence-electron chi connectivity index (χ0n) is 13.7. The molecule has 1 aromatic carbocycles. The van der Waals surface area contributed by atoms with Gasteiger partial charge in [0.1, 0.15) is 0 Å². The Hall–Kier alpha value is -1.34. The van der Waals surface area contributed by atoms with Gasteiger partial charge < -0.3 is 5.32 Å². The fraction of sp³-hybridized carbons (Fsp3) is 0.474. The smallest absolute Gasteiger partial charge is 0.0387 e. The van der Waals surface area contributed by atoms with E-state index in [1.54, 1.807) is 0 Å². The Labute approximate surface area is 123 Å². The van der Waals surface area contributed by atoms with E-state index in [1.807, 2.05) is 0 Å². The quantitative estimate of drug-likeness (QED) is 0.810. The predicted molar refractivity (Wildman–Crippen MR) is 88.7 cm³/mol. The normalized spacial score (nSPS) is 16.1. The van der Waals surface area contributed by atoms with Gasteiger partial charge in [-0.15, -0.1) is 0 Å². The molecule has 0 saturated heterocycles. The first kappa shape index (κ1) is 15.1. The minimum absolute atomic E-state index is 0.0509. The van der Waals surface area contributed by atoms with Crippen LogP contribution in [0, 0.1) is 0 Å². The first-order valence-corrected chi connectivity index (χ1v) is 7.46. The fourth-order valence-electron chi connectivity index (χ4n) is 3.23. The number of rotatable bonds is 3. The first-order chi connectivity index (χ1) is 9.21. The summed E-state index contributed by atoms with van der Waals surface area (Å²) in [5.41, 5.74) is 5.66. The summed E-state index contributed by atoms with van der Waals surface area (Å²) in [6.07, 6.45) is 5.54. The van der Waals surface area contributed by atoms with Gasteiger partial charge in [-0.1, -0.05) is 36.4 Å². The molecule has 1 N–H and O–H groups in total. The largest absolute Gasteiger partial charge is 0.303 e. The molecule has 2 rings (SSSR count). The second-order valence-corrected chi connectivity index (χ2v) is 7.31. The molecule has 0 unspecified atom stereocenters. The lowest BCUT2D eigenvalue weighted by Crippen LogP contribution is -2.48. The van der Waals surface area contributed by atoms with Crippen molar-refractivity contribution in [1.82, 2.24) is 5.32 Å². The van der Waals surface area contributed by atoms with E-state index in [2.05, 4.69) is 83.3 Å². The third-order valence-electron chi connectivity index (χ3n) is 3.78. The molecule has 1 nitrogen and oxygen atoms in total. The molecule has 1 aromatic rings. The third kappa shape index (κ3) is 3.21. The van der Waals surface area contributed by atoms with Crippen LogP contribution in [-0.4, -0.2) is 5.54 Å². The molecule has 0 saturated carbocycles. The van der Waals surface area contributed by atoms with E-state index in [1.165, 1.54) is 22.3 Å². The van der Waals surface area contributed by atoms with Crippen molar-refractivity contribution in [3.63, 3.8) is 0 Å². The standard InChI is InChI=1S/C19H27N/c1-14-10-9-12-15(14)16-11-7-8-13-17(16)19(5,6)20-18(2,3)4/h7-11,13,20H,12H2,1-6H3. The van der Waals surface area contributed by atoms with Gasteiger partial charge >= 0.3 is 0 Å². The molecule has 1 heteroatoms. The van der Waals surface area contributed by atoms with E-state index in [4.69, 9.17) is 0 Å². The van der Waals surface area contributed by atoms with Crippen LogP contribution in [0.1, 0.15) is 59.1 Å². The van der Waals surface area contributed by atoms with Crippen LogP contribution in [0.2, 0.25) is 0 Å². The van der Waals surface area contributed by atoms with Crippen molar-refractivity contribution >= 4 is 5.57 Å². The van der Waals surface area contributed by atoms with Gasteiger partial charge in [0.05, 0.1) is 0 Å². The lowest BCUT2D eigenvalue weighted by atomic mass is 9.84. The highest BCUT2D eigenvalue weighted by molar-refractivity contribution is 5.76. The number of allylic oxidation sites excluding steroid dienone is 4. The maximum Gasteiger partial charge on any atom is 0.0387 e. The van der Waals surface area contributed by atoms with Crippen LogP contribution < -0.4 is 5.32 Å². The molecule has 1 aliphatic rings. The third-order valence-corrected chi connectivity index (χ3v) is 3.78. The molecule has 0 spiro atoms.